The Bertz CT molecular complexity index is 930. The predicted molar refractivity (Wildman–Crippen MR) is 96.9 cm³/mol. The fourth-order valence-electron chi connectivity index (χ4n) is 3.16. The van der Waals surface area contributed by atoms with Crippen LogP contribution in [0.3, 0.4) is 0 Å². The summed E-state index contributed by atoms with van der Waals surface area (Å²) in [5.41, 5.74) is 1.05. The molecule has 0 saturated carbocycles. The number of nitrogens with zero attached hydrogens (tertiary/aromatic N) is 2. The van der Waals surface area contributed by atoms with Gasteiger partial charge in [0.25, 0.3) is 5.91 Å². The Kier molecular flexibility index (Phi) is 4.70. The molecule has 1 atom stereocenters. The number of carbonyl (C=O) groups is 3. The molecular weight excluding hydrogens is 364 g/mol. The lowest BCUT2D eigenvalue weighted by Crippen LogP contribution is -2.39. The van der Waals surface area contributed by atoms with Crippen LogP contribution in [0.1, 0.15) is 15.9 Å². The smallest absolute Gasteiger partial charge is 0.330 e. The molecule has 8 nitrogen and oxygen atoms in total. The minimum Gasteiger partial charge on any atom is -0.486 e. The molecule has 8 heteroatoms. The zero-order chi connectivity index (χ0) is 19.7. The number of fused-ring (bicyclic) bond motifs is 1. The fourth-order valence-corrected chi connectivity index (χ4v) is 3.16. The summed E-state index contributed by atoms with van der Waals surface area (Å²) in [6.07, 6.45) is -1.68. The second-order valence-electron chi connectivity index (χ2n) is 6.48. The molecule has 2 aliphatic rings. The zero-order valence-corrected chi connectivity index (χ0v) is 14.9. The second-order valence-corrected chi connectivity index (χ2v) is 6.48. The quantitative estimate of drug-likeness (QED) is 0.621. The molecule has 1 fully saturated rings. The van der Waals surface area contributed by atoms with E-state index in [4.69, 9.17) is 9.47 Å². The Balaban J connectivity index is 1.49. The number of aliphatic hydroxyl groups is 1. The summed E-state index contributed by atoms with van der Waals surface area (Å²) in [4.78, 5) is 39.3. The van der Waals surface area contributed by atoms with Gasteiger partial charge in [0.05, 0.1) is 13.1 Å². The average Bonchev–Trinajstić information content (AvgIpc) is 2.92. The van der Waals surface area contributed by atoms with Gasteiger partial charge in [0.15, 0.2) is 17.3 Å². The van der Waals surface area contributed by atoms with Crippen molar-refractivity contribution in [3.05, 3.63) is 59.7 Å². The van der Waals surface area contributed by atoms with Gasteiger partial charge in [0, 0.05) is 5.56 Å². The summed E-state index contributed by atoms with van der Waals surface area (Å²) >= 11 is 0. The van der Waals surface area contributed by atoms with Crippen molar-refractivity contribution in [2.75, 3.05) is 19.8 Å². The van der Waals surface area contributed by atoms with Crippen LogP contribution < -0.4 is 9.47 Å². The maximum absolute atomic E-state index is 12.6. The average molecular weight is 382 g/mol. The summed E-state index contributed by atoms with van der Waals surface area (Å²) in [5, 5.41) is 10.2. The SMILES string of the molecule is O=C(CN1C(=O)N(Cc2ccccc2)C(=O)C1O)c1ccc2c(c1)OCCO2. The van der Waals surface area contributed by atoms with Crippen molar-refractivity contribution in [1.29, 1.82) is 0 Å². The van der Waals surface area contributed by atoms with Gasteiger partial charge in [-0.25, -0.2) is 4.79 Å². The Labute approximate surface area is 160 Å². The lowest BCUT2D eigenvalue weighted by atomic mass is 10.1. The lowest BCUT2D eigenvalue weighted by molar-refractivity contribution is -0.137. The van der Waals surface area contributed by atoms with Crippen LogP contribution in [-0.2, 0) is 11.3 Å². The third-order valence-electron chi connectivity index (χ3n) is 4.62. The standard InChI is InChI=1S/C20H18N2O6/c23-15(14-6-7-16-17(10-14)28-9-8-27-16)12-22-19(25)18(24)21(20(22)26)11-13-4-2-1-3-5-13/h1-7,10,19,25H,8-9,11-12H2. The maximum Gasteiger partial charge on any atom is 0.330 e. The molecule has 3 amide bonds. The molecule has 0 bridgehead atoms. The van der Waals surface area contributed by atoms with E-state index in [1.807, 2.05) is 6.07 Å². The molecule has 1 N–H and O–H groups in total. The fraction of sp³-hybridized carbons (Fsp3) is 0.250. The Hall–Kier alpha value is -3.39. The highest BCUT2D eigenvalue weighted by atomic mass is 16.6. The zero-order valence-electron chi connectivity index (χ0n) is 14.9. The van der Waals surface area contributed by atoms with Crippen LogP contribution in [0, 0.1) is 0 Å². The van der Waals surface area contributed by atoms with E-state index in [1.165, 1.54) is 6.07 Å². The number of benzene rings is 2. The van der Waals surface area contributed by atoms with Gasteiger partial charge in [-0.3, -0.25) is 19.4 Å². The van der Waals surface area contributed by atoms with E-state index in [1.54, 1.807) is 36.4 Å². The van der Waals surface area contributed by atoms with Crippen molar-refractivity contribution >= 4 is 17.7 Å². The minimum absolute atomic E-state index is 0.0320. The number of Topliss-reactive ketones (excluding diaryl/α,β-unsaturated/α-hetero) is 1. The number of ether oxygens (including phenoxy) is 2. The van der Waals surface area contributed by atoms with Gasteiger partial charge in [0.2, 0.25) is 6.23 Å². The van der Waals surface area contributed by atoms with Crippen molar-refractivity contribution in [3.63, 3.8) is 0 Å². The highest BCUT2D eigenvalue weighted by Gasteiger charge is 2.44. The Morgan fingerprint density at radius 2 is 1.75 bits per heavy atom. The van der Waals surface area contributed by atoms with Crippen LogP contribution >= 0.6 is 0 Å². The van der Waals surface area contributed by atoms with Crippen LogP contribution in [0.5, 0.6) is 11.5 Å². The molecule has 0 aromatic heterocycles. The molecular formula is C20H18N2O6. The first kappa shape index (κ1) is 18.0. The number of imide groups is 1. The van der Waals surface area contributed by atoms with Gasteiger partial charge in [-0.1, -0.05) is 30.3 Å². The van der Waals surface area contributed by atoms with Gasteiger partial charge < -0.3 is 14.6 Å². The molecule has 2 aromatic rings. The van der Waals surface area contributed by atoms with Crippen LogP contribution in [-0.4, -0.2) is 58.6 Å². The lowest BCUT2D eigenvalue weighted by Gasteiger charge is -2.20. The number of aliphatic hydroxyl groups excluding tert-OH is 1. The number of carbonyl (C=O) groups excluding carboxylic acids is 3. The number of amides is 3. The highest BCUT2D eigenvalue weighted by Crippen LogP contribution is 2.31. The number of hydrogen-bond acceptors (Lipinski definition) is 6. The Morgan fingerprint density at radius 3 is 2.50 bits per heavy atom. The van der Waals surface area contributed by atoms with E-state index in [2.05, 4.69) is 0 Å². The molecule has 28 heavy (non-hydrogen) atoms. The molecule has 1 unspecified atom stereocenters. The molecule has 1 saturated heterocycles. The predicted octanol–water partition coefficient (Wildman–Crippen LogP) is 1.42. The third kappa shape index (κ3) is 3.29. The molecule has 144 valence electrons. The van der Waals surface area contributed by atoms with E-state index in [9.17, 15) is 19.5 Å². The summed E-state index contributed by atoms with van der Waals surface area (Å²) < 4.78 is 10.9. The topological polar surface area (TPSA) is 96.4 Å². The van der Waals surface area contributed by atoms with E-state index in [-0.39, 0.29) is 6.54 Å². The number of urea groups is 1. The first-order valence-corrected chi connectivity index (χ1v) is 8.81. The molecule has 2 aromatic carbocycles. The summed E-state index contributed by atoms with van der Waals surface area (Å²) in [6.45, 7) is 0.437. The van der Waals surface area contributed by atoms with Crippen molar-refractivity contribution in [2.45, 2.75) is 12.8 Å². The van der Waals surface area contributed by atoms with E-state index >= 15 is 0 Å². The monoisotopic (exact) mass is 382 g/mol. The maximum atomic E-state index is 12.6. The van der Waals surface area contributed by atoms with Crippen molar-refractivity contribution in [1.82, 2.24) is 9.80 Å². The van der Waals surface area contributed by atoms with Crippen molar-refractivity contribution < 1.29 is 29.0 Å². The summed E-state index contributed by atoms with van der Waals surface area (Å²) in [7, 11) is 0. The molecule has 4 rings (SSSR count). The van der Waals surface area contributed by atoms with Gasteiger partial charge >= 0.3 is 6.03 Å². The van der Waals surface area contributed by atoms with Gasteiger partial charge in [-0.2, -0.15) is 0 Å². The molecule has 2 heterocycles. The van der Waals surface area contributed by atoms with Crippen LogP contribution in [0.2, 0.25) is 0 Å². The molecule has 0 aliphatic carbocycles. The Morgan fingerprint density at radius 1 is 1.04 bits per heavy atom. The number of ketones is 1. The number of rotatable bonds is 5. The molecule has 2 aliphatic heterocycles. The van der Waals surface area contributed by atoms with Crippen LogP contribution in [0.15, 0.2) is 48.5 Å². The van der Waals surface area contributed by atoms with Gasteiger partial charge in [0.1, 0.15) is 13.2 Å². The van der Waals surface area contributed by atoms with E-state index in [0.29, 0.717) is 30.3 Å². The summed E-state index contributed by atoms with van der Waals surface area (Å²) in [6, 6.07) is 13.0. The van der Waals surface area contributed by atoms with Crippen molar-refractivity contribution in [3.8, 4) is 11.5 Å². The van der Waals surface area contributed by atoms with Crippen molar-refractivity contribution in [2.24, 2.45) is 0 Å². The van der Waals surface area contributed by atoms with Crippen LogP contribution in [0.4, 0.5) is 4.79 Å². The first-order chi connectivity index (χ1) is 13.5. The normalized spacial score (nSPS) is 18.5. The van der Waals surface area contributed by atoms with E-state index < -0.39 is 30.5 Å². The van der Waals surface area contributed by atoms with E-state index in [0.717, 1.165) is 15.4 Å². The summed E-state index contributed by atoms with van der Waals surface area (Å²) in [5.74, 6) is -0.168. The largest absolute Gasteiger partial charge is 0.486 e. The van der Waals surface area contributed by atoms with Gasteiger partial charge in [-0.05, 0) is 23.8 Å². The molecule has 0 spiro atoms. The highest BCUT2D eigenvalue weighted by molar-refractivity contribution is 6.06. The second kappa shape index (κ2) is 7.32. The minimum atomic E-state index is -1.68. The first-order valence-electron chi connectivity index (χ1n) is 8.81. The van der Waals surface area contributed by atoms with Gasteiger partial charge in [-0.15, -0.1) is 0 Å². The number of hydrogen-bond donors (Lipinski definition) is 1. The third-order valence-corrected chi connectivity index (χ3v) is 4.62. The van der Waals surface area contributed by atoms with Crippen LogP contribution in [0.25, 0.3) is 0 Å². The molecule has 0 radical (unpaired) electrons.